The number of halogens is 1. The molecule has 0 fully saturated rings. The summed E-state index contributed by atoms with van der Waals surface area (Å²) >= 11 is 6.26. The van der Waals surface area contributed by atoms with Crippen LogP contribution in [-0.2, 0) is 6.42 Å². The summed E-state index contributed by atoms with van der Waals surface area (Å²) in [5.74, 6) is 0. The van der Waals surface area contributed by atoms with Crippen molar-refractivity contribution in [2.24, 2.45) is 0 Å². The van der Waals surface area contributed by atoms with Crippen LogP contribution in [0.5, 0.6) is 0 Å². The molecule has 2 aromatic heterocycles. The van der Waals surface area contributed by atoms with Gasteiger partial charge in [-0.15, -0.1) is 22.7 Å². The highest BCUT2D eigenvalue weighted by Crippen LogP contribution is 2.37. The van der Waals surface area contributed by atoms with Gasteiger partial charge in [0.2, 0.25) is 0 Å². The molecule has 1 unspecified atom stereocenters. The molecule has 0 aliphatic heterocycles. The Morgan fingerprint density at radius 1 is 1.50 bits per heavy atom. The Labute approximate surface area is 130 Å². The molecule has 96 valence electrons. The largest absolute Gasteiger partial charge is 0.303 e. The predicted octanol–water partition coefficient (Wildman–Crippen LogP) is 5.14. The molecule has 1 N–H and O–H groups in total. The summed E-state index contributed by atoms with van der Waals surface area (Å²) in [7, 11) is 0. The Balaban J connectivity index is 1.78. The van der Waals surface area contributed by atoms with Crippen LogP contribution in [0.1, 0.15) is 47.2 Å². The van der Waals surface area contributed by atoms with Crippen LogP contribution in [0, 0.1) is 2.88 Å². The normalized spacial score (nSPS) is 20.7. The summed E-state index contributed by atoms with van der Waals surface area (Å²) in [5.41, 5.74) is 1.55. The van der Waals surface area contributed by atoms with Gasteiger partial charge in [0.25, 0.3) is 0 Å². The van der Waals surface area contributed by atoms with Crippen LogP contribution >= 0.6 is 45.3 Å². The van der Waals surface area contributed by atoms with Crippen LogP contribution in [-0.4, -0.2) is 0 Å². The Kier molecular flexibility index (Phi) is 4.08. The summed E-state index contributed by atoms with van der Waals surface area (Å²) < 4.78 is 1.43. The number of thiophene rings is 2. The van der Waals surface area contributed by atoms with E-state index in [1.165, 1.54) is 27.0 Å². The van der Waals surface area contributed by atoms with E-state index in [9.17, 15) is 0 Å². The van der Waals surface area contributed by atoms with Crippen LogP contribution < -0.4 is 5.32 Å². The summed E-state index contributed by atoms with van der Waals surface area (Å²) in [6.07, 6.45) is 3.86. The summed E-state index contributed by atoms with van der Waals surface area (Å²) in [6, 6.07) is 7.74. The average molecular weight is 389 g/mol. The number of rotatable bonds is 3. The number of aryl methyl sites for hydroxylation is 1. The average Bonchev–Trinajstić information content (AvgIpc) is 2.96. The Morgan fingerprint density at radius 3 is 3.17 bits per heavy atom. The van der Waals surface area contributed by atoms with Gasteiger partial charge in [-0.2, -0.15) is 0 Å². The van der Waals surface area contributed by atoms with Gasteiger partial charge in [-0.05, 0) is 71.9 Å². The monoisotopic (exact) mass is 389 g/mol. The SMILES string of the molecule is C[C@@H](NC1CCCc2sc(I)cc21)c1cccs1. The molecule has 0 saturated heterocycles. The van der Waals surface area contributed by atoms with Gasteiger partial charge in [0.1, 0.15) is 0 Å². The number of nitrogens with one attached hydrogen (secondary N) is 1. The minimum Gasteiger partial charge on any atom is -0.303 e. The first-order valence-electron chi connectivity index (χ1n) is 6.31. The van der Waals surface area contributed by atoms with Crippen molar-refractivity contribution in [1.29, 1.82) is 0 Å². The lowest BCUT2D eigenvalue weighted by molar-refractivity contribution is 0.421. The zero-order valence-electron chi connectivity index (χ0n) is 10.3. The maximum absolute atomic E-state index is 3.80. The smallest absolute Gasteiger partial charge is 0.0659 e. The zero-order chi connectivity index (χ0) is 12.5. The zero-order valence-corrected chi connectivity index (χ0v) is 14.1. The Morgan fingerprint density at radius 2 is 2.39 bits per heavy atom. The van der Waals surface area contributed by atoms with E-state index >= 15 is 0 Å². The minimum absolute atomic E-state index is 0.457. The van der Waals surface area contributed by atoms with E-state index in [1.54, 1.807) is 10.4 Å². The molecule has 0 bridgehead atoms. The third kappa shape index (κ3) is 2.66. The second kappa shape index (κ2) is 5.61. The molecule has 0 aromatic carbocycles. The molecule has 0 amide bonds. The van der Waals surface area contributed by atoms with Crippen molar-refractivity contribution < 1.29 is 0 Å². The van der Waals surface area contributed by atoms with Gasteiger partial charge in [0.05, 0.1) is 2.88 Å². The molecule has 4 heteroatoms. The maximum Gasteiger partial charge on any atom is 0.0659 e. The lowest BCUT2D eigenvalue weighted by Gasteiger charge is -2.26. The van der Waals surface area contributed by atoms with Gasteiger partial charge in [-0.25, -0.2) is 0 Å². The molecule has 2 atom stereocenters. The van der Waals surface area contributed by atoms with Crippen molar-refractivity contribution in [3.05, 3.63) is 41.8 Å². The van der Waals surface area contributed by atoms with E-state index in [0.29, 0.717) is 12.1 Å². The molecule has 2 heterocycles. The van der Waals surface area contributed by atoms with Gasteiger partial charge in [0, 0.05) is 21.8 Å². The van der Waals surface area contributed by atoms with Gasteiger partial charge in [0.15, 0.2) is 0 Å². The summed E-state index contributed by atoms with van der Waals surface area (Å²) in [4.78, 5) is 3.04. The van der Waals surface area contributed by atoms with Crippen LogP contribution in [0.15, 0.2) is 23.6 Å². The molecule has 1 aliphatic carbocycles. The Hall–Kier alpha value is 0.0900. The molecule has 1 aliphatic rings. The lowest BCUT2D eigenvalue weighted by atomic mass is 9.93. The minimum atomic E-state index is 0.457. The fraction of sp³-hybridized carbons (Fsp3) is 0.429. The molecule has 1 nitrogen and oxygen atoms in total. The maximum atomic E-state index is 3.80. The van der Waals surface area contributed by atoms with Crippen LogP contribution in [0.25, 0.3) is 0 Å². The topological polar surface area (TPSA) is 12.0 Å². The molecule has 3 rings (SSSR count). The standard InChI is InChI=1S/C14H16INS2/c1-9(12-6-3-7-17-12)16-11-4-2-5-13-10(11)8-14(15)18-13/h3,6-9,11,16H,2,4-5H2,1H3/t9-,11?/m1/s1. The van der Waals surface area contributed by atoms with Crippen molar-refractivity contribution in [3.63, 3.8) is 0 Å². The second-order valence-electron chi connectivity index (χ2n) is 4.78. The van der Waals surface area contributed by atoms with Crippen LogP contribution in [0.3, 0.4) is 0 Å². The van der Waals surface area contributed by atoms with Crippen LogP contribution in [0.4, 0.5) is 0 Å². The van der Waals surface area contributed by atoms with Crippen molar-refractivity contribution >= 4 is 45.3 Å². The highest BCUT2D eigenvalue weighted by atomic mass is 127. The van der Waals surface area contributed by atoms with Gasteiger partial charge in [-0.1, -0.05) is 6.07 Å². The van der Waals surface area contributed by atoms with E-state index in [1.807, 2.05) is 22.7 Å². The molecular formula is C14H16INS2. The molecular weight excluding hydrogens is 373 g/mol. The number of fused-ring (bicyclic) bond motifs is 1. The van der Waals surface area contributed by atoms with Gasteiger partial charge < -0.3 is 5.32 Å². The highest BCUT2D eigenvalue weighted by Gasteiger charge is 2.24. The van der Waals surface area contributed by atoms with Crippen LogP contribution in [0.2, 0.25) is 0 Å². The molecule has 18 heavy (non-hydrogen) atoms. The fourth-order valence-corrected chi connectivity index (χ4v) is 5.48. The summed E-state index contributed by atoms with van der Waals surface area (Å²) in [6.45, 7) is 2.28. The Bertz CT molecular complexity index is 518. The number of hydrogen-bond donors (Lipinski definition) is 1. The molecule has 2 aromatic rings. The molecule has 0 spiro atoms. The summed E-state index contributed by atoms with van der Waals surface area (Å²) in [5, 5.41) is 5.96. The van der Waals surface area contributed by atoms with E-state index in [2.05, 4.69) is 58.4 Å². The van der Waals surface area contributed by atoms with Crippen molar-refractivity contribution in [1.82, 2.24) is 5.32 Å². The second-order valence-corrected chi connectivity index (χ2v) is 8.79. The first-order valence-corrected chi connectivity index (χ1v) is 9.09. The lowest BCUT2D eigenvalue weighted by Crippen LogP contribution is -2.26. The van der Waals surface area contributed by atoms with Gasteiger partial charge in [-0.3, -0.25) is 0 Å². The number of hydrogen-bond acceptors (Lipinski definition) is 3. The quantitative estimate of drug-likeness (QED) is 0.717. The highest BCUT2D eigenvalue weighted by molar-refractivity contribution is 14.1. The first-order chi connectivity index (χ1) is 8.74. The first kappa shape index (κ1) is 13.1. The predicted molar refractivity (Wildman–Crippen MR) is 88.6 cm³/mol. The third-order valence-corrected chi connectivity index (χ3v) is 6.53. The van der Waals surface area contributed by atoms with E-state index in [0.717, 1.165) is 0 Å². The van der Waals surface area contributed by atoms with E-state index in [-0.39, 0.29) is 0 Å². The van der Waals surface area contributed by atoms with Crippen molar-refractivity contribution in [3.8, 4) is 0 Å². The third-order valence-electron chi connectivity index (χ3n) is 3.50. The van der Waals surface area contributed by atoms with Crippen molar-refractivity contribution in [2.75, 3.05) is 0 Å². The fourth-order valence-electron chi connectivity index (χ4n) is 2.62. The van der Waals surface area contributed by atoms with E-state index in [4.69, 9.17) is 0 Å². The molecule has 0 saturated carbocycles. The molecule has 0 radical (unpaired) electrons. The van der Waals surface area contributed by atoms with E-state index < -0.39 is 0 Å². The van der Waals surface area contributed by atoms with Crippen molar-refractivity contribution in [2.45, 2.75) is 38.3 Å². The van der Waals surface area contributed by atoms with Gasteiger partial charge >= 0.3 is 0 Å².